The maximum atomic E-state index is 12.2. The Bertz CT molecular complexity index is 565. The van der Waals surface area contributed by atoms with Gasteiger partial charge in [0.2, 0.25) is 17.7 Å². The summed E-state index contributed by atoms with van der Waals surface area (Å²) in [4.78, 5) is 14.7. The molecule has 0 fully saturated rings. The van der Waals surface area contributed by atoms with Gasteiger partial charge in [-0.1, -0.05) is 30.3 Å². The fraction of sp³-hybridized carbons (Fsp3) is 0.182. The van der Waals surface area contributed by atoms with Crippen molar-refractivity contribution in [2.75, 3.05) is 5.32 Å². The Balaban J connectivity index is 1.98. The Hall–Kier alpha value is -2.38. The molecule has 0 aliphatic carbocycles. The zero-order chi connectivity index (χ0) is 13.9. The van der Waals surface area contributed by atoms with E-state index in [1.807, 2.05) is 0 Å². The minimum Gasteiger partial charge on any atom is -0.293 e. The lowest BCUT2D eigenvalue weighted by molar-refractivity contribution is -0.144. The number of anilines is 1. The molecule has 2 N–H and O–H groups in total. The molecule has 1 aromatic carbocycles. The Labute approximate surface area is 105 Å². The number of rotatable bonds is 3. The van der Waals surface area contributed by atoms with Gasteiger partial charge in [-0.2, -0.15) is 18.2 Å². The fourth-order valence-corrected chi connectivity index (χ4v) is 1.39. The molecule has 0 bridgehead atoms. The zero-order valence-electron chi connectivity index (χ0n) is 9.53. The van der Waals surface area contributed by atoms with Crippen LogP contribution in [0.1, 0.15) is 11.4 Å². The van der Waals surface area contributed by atoms with Crippen molar-refractivity contribution in [2.45, 2.75) is 12.6 Å². The van der Waals surface area contributed by atoms with Gasteiger partial charge < -0.3 is 0 Å². The van der Waals surface area contributed by atoms with Crippen molar-refractivity contribution in [1.29, 1.82) is 0 Å². The summed E-state index contributed by atoms with van der Waals surface area (Å²) in [6.07, 6.45) is -4.58. The molecule has 5 nitrogen and oxygen atoms in total. The van der Waals surface area contributed by atoms with E-state index in [4.69, 9.17) is 0 Å². The second-order valence-electron chi connectivity index (χ2n) is 3.72. The van der Waals surface area contributed by atoms with Gasteiger partial charge in [0.25, 0.3) is 0 Å². The first-order valence-corrected chi connectivity index (χ1v) is 5.28. The summed E-state index contributed by atoms with van der Waals surface area (Å²) in [5.41, 5.74) is 0.742. The molecule has 19 heavy (non-hydrogen) atoms. The third-order valence-electron chi connectivity index (χ3n) is 2.21. The lowest BCUT2D eigenvalue weighted by atomic mass is 10.1. The van der Waals surface area contributed by atoms with E-state index < -0.39 is 23.9 Å². The van der Waals surface area contributed by atoms with Crippen LogP contribution in [0.15, 0.2) is 30.3 Å². The number of amides is 1. The Morgan fingerprint density at radius 3 is 2.53 bits per heavy atom. The molecule has 0 atom stereocenters. The van der Waals surface area contributed by atoms with Gasteiger partial charge in [0, 0.05) is 0 Å². The number of benzene rings is 1. The molecule has 2 aromatic rings. The number of hydrogen-bond donors (Lipinski definition) is 2. The number of halogens is 3. The first kappa shape index (κ1) is 13.1. The molecule has 0 spiro atoms. The number of carbonyl (C=O) groups is 1. The molecule has 0 saturated carbocycles. The summed E-state index contributed by atoms with van der Waals surface area (Å²) in [6, 6.07) is 8.79. The lowest BCUT2D eigenvalue weighted by Gasteiger charge is -2.01. The average molecular weight is 270 g/mol. The highest BCUT2D eigenvalue weighted by Crippen LogP contribution is 2.26. The molecule has 1 aromatic heterocycles. The molecule has 8 heteroatoms. The minimum atomic E-state index is -4.62. The molecule has 100 valence electrons. The van der Waals surface area contributed by atoms with Crippen LogP contribution in [-0.2, 0) is 17.4 Å². The number of carbonyl (C=O) groups excluding carboxylic acids is 1. The largest absolute Gasteiger partial charge is 0.451 e. The fourth-order valence-electron chi connectivity index (χ4n) is 1.39. The SMILES string of the molecule is O=C(Cc1ccccc1)Nc1n[nH]c(C(F)(F)F)n1. The Morgan fingerprint density at radius 1 is 1.26 bits per heavy atom. The normalized spacial score (nSPS) is 11.3. The highest BCUT2D eigenvalue weighted by molar-refractivity contribution is 5.90. The van der Waals surface area contributed by atoms with Gasteiger partial charge in [0.15, 0.2) is 0 Å². The number of alkyl halides is 3. The standard InChI is InChI=1S/C11H9F3N4O/c12-11(13,14)9-16-10(18-17-9)15-8(19)6-7-4-2-1-3-5-7/h1-5H,6H2,(H2,15,16,17,18,19). The number of nitrogens with zero attached hydrogens (tertiary/aromatic N) is 2. The number of H-pyrrole nitrogens is 1. The van der Waals surface area contributed by atoms with Crippen molar-refractivity contribution in [3.63, 3.8) is 0 Å². The predicted molar refractivity (Wildman–Crippen MR) is 60.2 cm³/mol. The van der Waals surface area contributed by atoms with Gasteiger partial charge >= 0.3 is 6.18 Å². The Kier molecular flexibility index (Phi) is 3.50. The molecule has 0 saturated heterocycles. The quantitative estimate of drug-likeness (QED) is 0.896. The van der Waals surface area contributed by atoms with E-state index in [1.54, 1.807) is 35.4 Å². The van der Waals surface area contributed by atoms with Crippen LogP contribution >= 0.6 is 0 Å². The molecule has 2 rings (SSSR count). The van der Waals surface area contributed by atoms with Crippen molar-refractivity contribution in [3.05, 3.63) is 41.7 Å². The van der Waals surface area contributed by atoms with E-state index in [1.165, 1.54) is 0 Å². The van der Waals surface area contributed by atoms with Gasteiger partial charge in [0.1, 0.15) is 0 Å². The second-order valence-corrected chi connectivity index (χ2v) is 3.72. The van der Waals surface area contributed by atoms with Crippen molar-refractivity contribution in [1.82, 2.24) is 15.2 Å². The van der Waals surface area contributed by atoms with Crippen LogP contribution in [-0.4, -0.2) is 21.1 Å². The first-order chi connectivity index (χ1) is 8.95. The lowest BCUT2D eigenvalue weighted by Crippen LogP contribution is -2.15. The molecular formula is C11H9F3N4O. The summed E-state index contributed by atoms with van der Waals surface area (Å²) in [5.74, 6) is -2.13. The van der Waals surface area contributed by atoms with Crippen LogP contribution in [0.5, 0.6) is 0 Å². The molecule has 0 unspecified atom stereocenters. The summed E-state index contributed by atoms with van der Waals surface area (Å²) in [5, 5.41) is 7.18. The van der Waals surface area contributed by atoms with Crippen LogP contribution in [0.25, 0.3) is 0 Å². The summed E-state index contributed by atoms with van der Waals surface area (Å²) in [6.45, 7) is 0. The van der Waals surface area contributed by atoms with E-state index in [0.717, 1.165) is 5.56 Å². The summed E-state index contributed by atoms with van der Waals surface area (Å²) < 4.78 is 36.7. The topological polar surface area (TPSA) is 70.7 Å². The van der Waals surface area contributed by atoms with E-state index in [9.17, 15) is 18.0 Å². The monoisotopic (exact) mass is 270 g/mol. The van der Waals surface area contributed by atoms with Crippen molar-refractivity contribution in [3.8, 4) is 0 Å². The first-order valence-electron chi connectivity index (χ1n) is 5.28. The molecule has 0 radical (unpaired) electrons. The second kappa shape index (κ2) is 5.09. The summed E-state index contributed by atoms with van der Waals surface area (Å²) >= 11 is 0. The van der Waals surface area contributed by atoms with Crippen LogP contribution in [0.3, 0.4) is 0 Å². The molecular weight excluding hydrogens is 261 g/mol. The number of nitrogens with one attached hydrogen (secondary N) is 2. The molecule has 1 heterocycles. The smallest absolute Gasteiger partial charge is 0.293 e. The number of aromatic amines is 1. The third kappa shape index (κ3) is 3.54. The minimum absolute atomic E-state index is 0.0384. The van der Waals surface area contributed by atoms with Gasteiger partial charge in [-0.15, -0.1) is 5.10 Å². The molecule has 0 aliphatic heterocycles. The predicted octanol–water partition coefficient (Wildman–Crippen LogP) is 2.00. The van der Waals surface area contributed by atoms with Crippen molar-refractivity contribution < 1.29 is 18.0 Å². The highest BCUT2D eigenvalue weighted by Gasteiger charge is 2.35. The van der Waals surface area contributed by atoms with Crippen LogP contribution in [0.4, 0.5) is 19.1 Å². The van der Waals surface area contributed by atoms with Crippen molar-refractivity contribution >= 4 is 11.9 Å². The zero-order valence-corrected chi connectivity index (χ0v) is 9.53. The van der Waals surface area contributed by atoms with Gasteiger partial charge in [0.05, 0.1) is 6.42 Å². The van der Waals surface area contributed by atoms with Crippen LogP contribution in [0.2, 0.25) is 0 Å². The van der Waals surface area contributed by atoms with Crippen molar-refractivity contribution in [2.24, 2.45) is 0 Å². The van der Waals surface area contributed by atoms with E-state index in [-0.39, 0.29) is 6.42 Å². The van der Waals surface area contributed by atoms with E-state index in [0.29, 0.717) is 0 Å². The van der Waals surface area contributed by atoms with E-state index >= 15 is 0 Å². The highest BCUT2D eigenvalue weighted by atomic mass is 19.4. The Morgan fingerprint density at radius 2 is 1.95 bits per heavy atom. The molecule has 0 aliphatic rings. The summed E-state index contributed by atoms with van der Waals surface area (Å²) in [7, 11) is 0. The van der Waals surface area contributed by atoms with Gasteiger partial charge in [-0.05, 0) is 5.56 Å². The maximum Gasteiger partial charge on any atom is 0.451 e. The molecule has 1 amide bonds. The average Bonchev–Trinajstić information content (AvgIpc) is 2.78. The third-order valence-corrected chi connectivity index (χ3v) is 2.21. The maximum absolute atomic E-state index is 12.2. The number of aromatic nitrogens is 3. The van der Waals surface area contributed by atoms with Crippen LogP contribution < -0.4 is 5.32 Å². The van der Waals surface area contributed by atoms with Gasteiger partial charge in [-0.25, -0.2) is 0 Å². The van der Waals surface area contributed by atoms with Crippen LogP contribution in [0, 0.1) is 0 Å². The number of hydrogen-bond acceptors (Lipinski definition) is 3. The van der Waals surface area contributed by atoms with Gasteiger partial charge in [-0.3, -0.25) is 15.2 Å². The van der Waals surface area contributed by atoms with E-state index in [2.05, 4.69) is 15.4 Å².